The number of rotatable bonds is 5. The van der Waals surface area contributed by atoms with Gasteiger partial charge in [0.05, 0.1) is 5.56 Å². The molecular weight excluding hydrogens is 491 g/mol. The average molecular weight is 524 g/mol. The summed E-state index contributed by atoms with van der Waals surface area (Å²) < 4.78 is 38.9. The molecule has 3 N–H and O–H groups in total. The lowest BCUT2D eigenvalue weighted by molar-refractivity contribution is -0.137. The second-order valence-electron chi connectivity index (χ2n) is 10.1. The summed E-state index contributed by atoms with van der Waals surface area (Å²) in [5.41, 5.74) is -1.50. The maximum atomic E-state index is 13.4. The number of amides is 1. The number of carbonyl (C=O) groups excluding carboxylic acids is 1. The van der Waals surface area contributed by atoms with Gasteiger partial charge in [-0.1, -0.05) is 55.3 Å². The molecule has 1 amide bonds. The Morgan fingerprint density at radius 3 is 2.39 bits per heavy atom. The van der Waals surface area contributed by atoms with Crippen LogP contribution < -0.4 is 10.6 Å². The molecule has 2 fully saturated rings. The van der Waals surface area contributed by atoms with Gasteiger partial charge in [0, 0.05) is 13.1 Å². The first-order valence-corrected chi connectivity index (χ1v) is 13.2. The van der Waals surface area contributed by atoms with Gasteiger partial charge in [-0.15, -0.1) is 0 Å². The van der Waals surface area contributed by atoms with Gasteiger partial charge in [0.2, 0.25) is 0 Å². The van der Waals surface area contributed by atoms with Gasteiger partial charge in [0.1, 0.15) is 17.0 Å². The third kappa shape index (κ3) is 6.68. The number of allylic oxidation sites excluding steroid dienone is 1. The van der Waals surface area contributed by atoms with Gasteiger partial charge in [-0.05, 0) is 68.1 Å². The quantitative estimate of drug-likeness (QED) is 0.280. The number of carbonyl (C=O) groups is 1. The Kier molecular flexibility index (Phi) is 8.41. The van der Waals surface area contributed by atoms with Gasteiger partial charge < -0.3 is 20.6 Å². The fraction of sp³-hybridized carbons (Fsp3) is 0.593. The molecule has 1 heterocycles. The molecule has 1 unspecified atom stereocenters. The first-order chi connectivity index (χ1) is 17.1. The van der Waals surface area contributed by atoms with Gasteiger partial charge in [0.15, 0.2) is 5.62 Å². The highest BCUT2D eigenvalue weighted by Crippen LogP contribution is 2.31. The second kappa shape index (κ2) is 11.4. The molecular formula is C27H33ClF3N3O2. The molecule has 2 aliphatic carbocycles. The highest BCUT2D eigenvalue weighted by atomic mass is 35.5. The Morgan fingerprint density at radius 2 is 1.75 bits per heavy atom. The molecule has 1 aromatic carbocycles. The normalized spacial score (nSPS) is 22.6. The van der Waals surface area contributed by atoms with Crippen molar-refractivity contribution in [3.63, 3.8) is 0 Å². The number of aliphatic hydroxyl groups is 1. The van der Waals surface area contributed by atoms with Crippen LogP contribution in [0.3, 0.4) is 0 Å². The first kappa shape index (κ1) is 26.7. The molecule has 0 saturated heterocycles. The summed E-state index contributed by atoms with van der Waals surface area (Å²) in [6.07, 6.45) is 5.26. The zero-order valence-electron chi connectivity index (χ0n) is 20.3. The molecule has 196 valence electrons. The van der Waals surface area contributed by atoms with Crippen molar-refractivity contribution >= 4 is 17.5 Å². The van der Waals surface area contributed by atoms with E-state index in [1.807, 2.05) is 0 Å². The van der Waals surface area contributed by atoms with E-state index in [-0.39, 0.29) is 18.1 Å². The lowest BCUT2D eigenvalue weighted by atomic mass is 9.85. The van der Waals surface area contributed by atoms with E-state index in [0.29, 0.717) is 36.6 Å². The SMILES string of the molecule is O=C(NCC1CCCCC1)C1=C(C#CC2(O)CCCCC2)NC(Cl)N1Cc1ccc(C(F)(F)F)cc1. The number of benzene rings is 1. The van der Waals surface area contributed by atoms with Crippen molar-refractivity contribution in [1.29, 1.82) is 0 Å². The zero-order valence-corrected chi connectivity index (χ0v) is 21.0. The van der Waals surface area contributed by atoms with Crippen molar-refractivity contribution in [2.45, 2.75) is 88.2 Å². The Hall–Kier alpha value is -2.37. The van der Waals surface area contributed by atoms with Crippen molar-refractivity contribution in [1.82, 2.24) is 15.5 Å². The van der Waals surface area contributed by atoms with Crippen molar-refractivity contribution < 1.29 is 23.1 Å². The third-order valence-electron chi connectivity index (χ3n) is 7.29. The smallest absolute Gasteiger partial charge is 0.378 e. The third-order valence-corrected chi connectivity index (χ3v) is 7.63. The molecule has 5 nitrogen and oxygen atoms in total. The minimum Gasteiger partial charge on any atom is -0.378 e. The van der Waals surface area contributed by atoms with E-state index in [1.54, 1.807) is 4.90 Å². The van der Waals surface area contributed by atoms with Crippen LogP contribution in [0.2, 0.25) is 0 Å². The number of alkyl halides is 4. The summed E-state index contributed by atoms with van der Waals surface area (Å²) in [6.45, 7) is 0.676. The molecule has 1 atom stereocenters. The van der Waals surface area contributed by atoms with Gasteiger partial charge in [-0.25, -0.2) is 0 Å². The van der Waals surface area contributed by atoms with E-state index >= 15 is 0 Å². The number of hydrogen-bond donors (Lipinski definition) is 3. The minimum atomic E-state index is -4.42. The summed E-state index contributed by atoms with van der Waals surface area (Å²) in [7, 11) is 0. The van der Waals surface area contributed by atoms with Crippen LogP contribution in [0.4, 0.5) is 13.2 Å². The van der Waals surface area contributed by atoms with E-state index in [2.05, 4.69) is 22.5 Å². The fourth-order valence-corrected chi connectivity index (χ4v) is 5.44. The van der Waals surface area contributed by atoms with Crippen LogP contribution in [0.15, 0.2) is 35.7 Å². The largest absolute Gasteiger partial charge is 0.416 e. The topological polar surface area (TPSA) is 64.6 Å². The summed E-state index contributed by atoms with van der Waals surface area (Å²) in [5.74, 6) is 6.01. The summed E-state index contributed by atoms with van der Waals surface area (Å²) >= 11 is 6.55. The molecule has 1 aliphatic heterocycles. The van der Waals surface area contributed by atoms with E-state index in [4.69, 9.17) is 11.6 Å². The number of hydrogen-bond acceptors (Lipinski definition) is 4. The van der Waals surface area contributed by atoms with Crippen LogP contribution in [0.5, 0.6) is 0 Å². The van der Waals surface area contributed by atoms with Crippen LogP contribution in [0.1, 0.15) is 75.3 Å². The maximum Gasteiger partial charge on any atom is 0.416 e. The van der Waals surface area contributed by atoms with Gasteiger partial charge in [-0.3, -0.25) is 4.79 Å². The van der Waals surface area contributed by atoms with Crippen LogP contribution >= 0.6 is 11.6 Å². The van der Waals surface area contributed by atoms with Crippen LogP contribution in [-0.4, -0.2) is 33.7 Å². The van der Waals surface area contributed by atoms with Crippen molar-refractivity contribution in [2.75, 3.05) is 6.54 Å². The lowest BCUT2D eigenvalue weighted by Gasteiger charge is -2.26. The Morgan fingerprint density at radius 1 is 1.11 bits per heavy atom. The number of nitrogens with zero attached hydrogens (tertiary/aromatic N) is 1. The zero-order chi connectivity index (χ0) is 25.8. The Balaban J connectivity index is 1.57. The van der Waals surface area contributed by atoms with Crippen LogP contribution in [0, 0.1) is 17.8 Å². The van der Waals surface area contributed by atoms with Crippen LogP contribution in [-0.2, 0) is 17.5 Å². The highest BCUT2D eigenvalue weighted by molar-refractivity contribution is 6.21. The average Bonchev–Trinajstić information content (AvgIpc) is 3.17. The lowest BCUT2D eigenvalue weighted by Crippen LogP contribution is -2.38. The van der Waals surface area contributed by atoms with Crippen molar-refractivity contribution in [3.05, 3.63) is 46.8 Å². The second-order valence-corrected chi connectivity index (χ2v) is 10.5. The van der Waals surface area contributed by atoms with Crippen molar-refractivity contribution in [3.8, 4) is 11.8 Å². The Labute approximate surface area is 215 Å². The predicted octanol–water partition coefficient (Wildman–Crippen LogP) is 5.24. The molecule has 1 aromatic rings. The van der Waals surface area contributed by atoms with Crippen molar-refractivity contribution in [2.24, 2.45) is 5.92 Å². The monoisotopic (exact) mass is 523 g/mol. The van der Waals surface area contributed by atoms with E-state index in [1.165, 1.54) is 18.6 Å². The first-order valence-electron chi connectivity index (χ1n) is 12.8. The number of nitrogens with one attached hydrogen (secondary N) is 2. The molecule has 0 aromatic heterocycles. The maximum absolute atomic E-state index is 13.4. The Bertz CT molecular complexity index is 1020. The molecule has 0 bridgehead atoms. The standard InChI is InChI=1S/C27H33ClF3N3O2/c28-25-33-22(13-16-26(36)14-5-2-6-15-26)23(24(35)32-17-19-7-3-1-4-8-19)34(25)18-20-9-11-21(12-10-20)27(29,30)31/h9-12,19,25,33,36H,1-8,14-15,17-18H2,(H,32,35). The number of halogens is 4. The van der Waals surface area contributed by atoms with Gasteiger partial charge in [0.25, 0.3) is 5.91 Å². The van der Waals surface area contributed by atoms with E-state index < -0.39 is 23.0 Å². The predicted molar refractivity (Wildman–Crippen MR) is 132 cm³/mol. The fourth-order valence-electron chi connectivity index (χ4n) is 5.17. The molecule has 4 rings (SSSR count). The molecule has 2 saturated carbocycles. The summed E-state index contributed by atoms with van der Waals surface area (Å²) in [6, 6.07) is 4.82. The molecule has 3 aliphatic rings. The van der Waals surface area contributed by atoms with E-state index in [9.17, 15) is 23.1 Å². The minimum absolute atomic E-state index is 0.126. The summed E-state index contributed by atoms with van der Waals surface area (Å²) in [4.78, 5) is 15.0. The van der Waals surface area contributed by atoms with Gasteiger partial charge in [-0.2, -0.15) is 13.2 Å². The summed E-state index contributed by atoms with van der Waals surface area (Å²) in [5, 5.41) is 16.9. The van der Waals surface area contributed by atoms with E-state index in [0.717, 1.165) is 57.1 Å². The van der Waals surface area contributed by atoms with Crippen LogP contribution in [0.25, 0.3) is 0 Å². The molecule has 0 spiro atoms. The van der Waals surface area contributed by atoms with Gasteiger partial charge >= 0.3 is 6.18 Å². The molecule has 0 radical (unpaired) electrons. The molecule has 9 heteroatoms. The highest BCUT2D eigenvalue weighted by Gasteiger charge is 2.35. The molecule has 36 heavy (non-hydrogen) atoms.